The molecule has 1 aliphatic carbocycles. The minimum atomic E-state index is -0.888. The molecular weight excluding hydrogens is 310 g/mol. The van der Waals surface area contributed by atoms with Gasteiger partial charge in [0.25, 0.3) is 5.91 Å². The summed E-state index contributed by atoms with van der Waals surface area (Å²) in [7, 11) is 0. The second kappa shape index (κ2) is 5.74. The molecule has 7 nitrogen and oxygen atoms in total. The third-order valence-corrected chi connectivity index (χ3v) is 4.57. The Morgan fingerprint density at radius 1 is 1.25 bits per heavy atom. The topological polar surface area (TPSA) is 95.6 Å². The number of rotatable bonds is 5. The fraction of sp³-hybridized carbons (Fsp3) is 0.412. The van der Waals surface area contributed by atoms with E-state index in [0.717, 1.165) is 17.7 Å². The van der Waals surface area contributed by atoms with Gasteiger partial charge in [-0.2, -0.15) is 0 Å². The molecule has 0 aromatic heterocycles. The average Bonchev–Trinajstić information content (AvgIpc) is 3.34. The van der Waals surface area contributed by atoms with Gasteiger partial charge < -0.3 is 10.6 Å². The smallest absolute Gasteiger partial charge is 0.325 e. The van der Waals surface area contributed by atoms with E-state index in [-0.39, 0.29) is 24.2 Å². The number of hydrogen-bond donors (Lipinski definition) is 2. The molecule has 3 rings (SSSR count). The minimum Gasteiger partial charge on any atom is -0.325 e. The van der Waals surface area contributed by atoms with Crippen LogP contribution in [0.4, 0.5) is 10.5 Å². The van der Waals surface area contributed by atoms with Gasteiger partial charge in [0.15, 0.2) is 5.78 Å². The predicted octanol–water partition coefficient (Wildman–Crippen LogP) is 1.55. The first-order chi connectivity index (χ1) is 11.3. The quantitative estimate of drug-likeness (QED) is 0.633. The number of benzene rings is 1. The first kappa shape index (κ1) is 16.2. The minimum absolute atomic E-state index is 0.0634. The van der Waals surface area contributed by atoms with Gasteiger partial charge in [-0.15, -0.1) is 0 Å². The third kappa shape index (κ3) is 2.89. The Labute approximate surface area is 139 Å². The van der Waals surface area contributed by atoms with Crippen molar-refractivity contribution in [2.75, 3.05) is 11.9 Å². The van der Waals surface area contributed by atoms with Crippen molar-refractivity contribution in [2.24, 2.45) is 5.92 Å². The zero-order chi connectivity index (χ0) is 17.5. The molecule has 2 fully saturated rings. The number of nitrogens with one attached hydrogen (secondary N) is 2. The van der Waals surface area contributed by atoms with Gasteiger partial charge in [0, 0.05) is 11.3 Å². The SMILES string of the molecule is CC(=O)c1ccc(NC(=O)CN2C(=O)N[C@@](C)(C3CC3)C2=O)cc1. The monoisotopic (exact) mass is 329 g/mol. The molecule has 1 saturated carbocycles. The third-order valence-electron chi connectivity index (χ3n) is 4.57. The van der Waals surface area contributed by atoms with Crippen molar-refractivity contribution in [1.82, 2.24) is 10.2 Å². The van der Waals surface area contributed by atoms with Crippen molar-refractivity contribution in [3.8, 4) is 0 Å². The number of carbonyl (C=O) groups excluding carboxylic acids is 4. The molecule has 0 radical (unpaired) electrons. The van der Waals surface area contributed by atoms with Crippen molar-refractivity contribution >= 4 is 29.3 Å². The highest BCUT2D eigenvalue weighted by Gasteiger charge is 2.56. The van der Waals surface area contributed by atoms with Gasteiger partial charge in [0.1, 0.15) is 12.1 Å². The molecule has 1 aromatic rings. The summed E-state index contributed by atoms with van der Waals surface area (Å²) in [5.74, 6) is -0.723. The van der Waals surface area contributed by atoms with Gasteiger partial charge >= 0.3 is 6.03 Å². The lowest BCUT2D eigenvalue weighted by Gasteiger charge is -2.20. The maximum Gasteiger partial charge on any atom is 0.325 e. The van der Waals surface area contributed by atoms with Crippen molar-refractivity contribution < 1.29 is 19.2 Å². The Morgan fingerprint density at radius 2 is 1.88 bits per heavy atom. The molecule has 1 atom stereocenters. The molecule has 2 aliphatic rings. The van der Waals surface area contributed by atoms with Crippen molar-refractivity contribution in [3.63, 3.8) is 0 Å². The molecule has 0 bridgehead atoms. The molecular formula is C17H19N3O4. The Morgan fingerprint density at radius 3 is 2.42 bits per heavy atom. The van der Waals surface area contributed by atoms with Crippen molar-refractivity contribution in [2.45, 2.75) is 32.2 Å². The van der Waals surface area contributed by atoms with Crippen LogP contribution in [0.3, 0.4) is 0 Å². The second-order valence-corrected chi connectivity index (χ2v) is 6.48. The largest absolute Gasteiger partial charge is 0.325 e. The van der Waals surface area contributed by atoms with Crippen LogP contribution in [0.5, 0.6) is 0 Å². The molecule has 7 heteroatoms. The fourth-order valence-electron chi connectivity index (χ4n) is 2.93. The number of anilines is 1. The molecule has 1 saturated heterocycles. The normalized spacial score (nSPS) is 23.2. The number of hydrogen-bond acceptors (Lipinski definition) is 4. The highest BCUT2D eigenvalue weighted by atomic mass is 16.2. The maximum absolute atomic E-state index is 12.5. The van der Waals surface area contributed by atoms with E-state index in [4.69, 9.17) is 0 Å². The number of nitrogens with zero attached hydrogens (tertiary/aromatic N) is 1. The van der Waals surface area contributed by atoms with Gasteiger partial charge in [-0.1, -0.05) is 0 Å². The first-order valence-corrected chi connectivity index (χ1v) is 7.86. The summed E-state index contributed by atoms with van der Waals surface area (Å²) in [5, 5.41) is 5.33. The maximum atomic E-state index is 12.5. The van der Waals surface area contributed by atoms with E-state index in [0.29, 0.717) is 11.3 Å². The Balaban J connectivity index is 1.63. The van der Waals surface area contributed by atoms with Crippen molar-refractivity contribution in [3.05, 3.63) is 29.8 Å². The summed E-state index contributed by atoms with van der Waals surface area (Å²) in [6, 6.07) is 5.89. The molecule has 2 N–H and O–H groups in total. The van der Waals surface area contributed by atoms with Gasteiger partial charge in [-0.05, 0) is 56.9 Å². The summed E-state index contributed by atoms with van der Waals surface area (Å²) in [6.07, 6.45) is 1.82. The summed E-state index contributed by atoms with van der Waals surface area (Å²) in [5.41, 5.74) is 0.157. The van der Waals surface area contributed by atoms with E-state index in [2.05, 4.69) is 10.6 Å². The summed E-state index contributed by atoms with van der Waals surface area (Å²) >= 11 is 0. The lowest BCUT2D eigenvalue weighted by Crippen LogP contribution is -2.46. The van der Waals surface area contributed by atoms with Crippen LogP contribution in [0, 0.1) is 5.92 Å². The Bertz CT molecular complexity index is 724. The lowest BCUT2D eigenvalue weighted by molar-refractivity contribution is -0.134. The highest BCUT2D eigenvalue weighted by Crippen LogP contribution is 2.42. The number of amides is 4. The number of Topliss-reactive ketones (excluding diaryl/α,β-unsaturated/α-hetero) is 1. The van der Waals surface area contributed by atoms with Crippen LogP contribution in [-0.4, -0.2) is 40.6 Å². The average molecular weight is 329 g/mol. The Kier molecular flexibility index (Phi) is 3.87. The summed E-state index contributed by atoms with van der Waals surface area (Å²) in [6.45, 7) is 2.84. The van der Waals surface area contributed by atoms with Gasteiger partial charge in [-0.3, -0.25) is 19.3 Å². The number of ketones is 1. The van der Waals surface area contributed by atoms with Crippen LogP contribution in [0.1, 0.15) is 37.0 Å². The zero-order valence-corrected chi connectivity index (χ0v) is 13.6. The van der Waals surface area contributed by atoms with Crippen LogP contribution in [-0.2, 0) is 9.59 Å². The molecule has 1 heterocycles. The Hall–Kier alpha value is -2.70. The second-order valence-electron chi connectivity index (χ2n) is 6.48. The molecule has 126 valence electrons. The van der Waals surface area contributed by atoms with Crippen LogP contribution in [0.25, 0.3) is 0 Å². The van der Waals surface area contributed by atoms with Gasteiger partial charge in [-0.25, -0.2) is 4.79 Å². The number of carbonyl (C=O) groups is 4. The zero-order valence-electron chi connectivity index (χ0n) is 13.6. The van der Waals surface area contributed by atoms with Crippen LogP contribution < -0.4 is 10.6 Å². The highest BCUT2D eigenvalue weighted by molar-refractivity contribution is 6.10. The van der Waals surface area contributed by atoms with E-state index in [1.54, 1.807) is 31.2 Å². The van der Waals surface area contributed by atoms with Crippen LogP contribution in [0.2, 0.25) is 0 Å². The van der Waals surface area contributed by atoms with Gasteiger partial charge in [0.2, 0.25) is 5.91 Å². The molecule has 0 spiro atoms. The van der Waals surface area contributed by atoms with Crippen molar-refractivity contribution in [1.29, 1.82) is 0 Å². The molecule has 1 aliphatic heterocycles. The van der Waals surface area contributed by atoms with Crippen LogP contribution >= 0.6 is 0 Å². The van der Waals surface area contributed by atoms with E-state index in [9.17, 15) is 19.2 Å². The summed E-state index contributed by atoms with van der Waals surface area (Å²) < 4.78 is 0. The lowest BCUT2D eigenvalue weighted by atomic mass is 9.96. The standard InChI is InChI=1S/C17H19N3O4/c1-10(21)11-3-7-13(8-4-11)18-14(22)9-20-15(23)17(2,12-5-6-12)19-16(20)24/h3-4,7-8,12H,5-6,9H2,1-2H3,(H,18,22)(H,19,24)/t17-/m0/s1. The van der Waals surface area contributed by atoms with Gasteiger partial charge in [0.05, 0.1) is 0 Å². The first-order valence-electron chi connectivity index (χ1n) is 7.86. The van der Waals surface area contributed by atoms with E-state index < -0.39 is 17.5 Å². The number of urea groups is 1. The van der Waals surface area contributed by atoms with E-state index >= 15 is 0 Å². The molecule has 24 heavy (non-hydrogen) atoms. The van der Waals surface area contributed by atoms with E-state index in [1.165, 1.54) is 6.92 Å². The van der Waals surface area contributed by atoms with Crippen LogP contribution in [0.15, 0.2) is 24.3 Å². The molecule has 4 amide bonds. The summed E-state index contributed by atoms with van der Waals surface area (Å²) in [4.78, 5) is 48.8. The fourth-order valence-corrected chi connectivity index (χ4v) is 2.93. The molecule has 0 unspecified atom stereocenters. The van der Waals surface area contributed by atoms with E-state index in [1.807, 2.05) is 0 Å². The number of imide groups is 1. The predicted molar refractivity (Wildman–Crippen MR) is 86.4 cm³/mol. The molecule has 1 aromatic carbocycles.